The molecule has 0 unspecified atom stereocenters. The van der Waals surface area contributed by atoms with E-state index in [2.05, 4.69) is 15.1 Å². The molecule has 0 spiro atoms. The molecule has 0 aliphatic rings. The summed E-state index contributed by atoms with van der Waals surface area (Å²) in [6.07, 6.45) is 2.66. The Balaban J connectivity index is 1.76. The van der Waals surface area contributed by atoms with Crippen molar-refractivity contribution in [3.05, 3.63) is 75.2 Å². The van der Waals surface area contributed by atoms with Crippen LogP contribution in [-0.4, -0.2) is 58.4 Å². The summed E-state index contributed by atoms with van der Waals surface area (Å²) in [7, 11) is -0.693. The molecule has 14 heteroatoms. The van der Waals surface area contributed by atoms with E-state index in [1.54, 1.807) is 30.3 Å². The molecular weight excluding hydrogens is 536 g/mol. The number of sulfone groups is 1. The van der Waals surface area contributed by atoms with Gasteiger partial charge in [-0.1, -0.05) is 23.7 Å². The van der Waals surface area contributed by atoms with Crippen LogP contribution in [0.2, 0.25) is 5.02 Å². The lowest BCUT2D eigenvalue weighted by atomic mass is 10.0. The molecule has 3 aromatic heterocycles. The van der Waals surface area contributed by atoms with E-state index in [0.717, 1.165) is 11.8 Å². The summed E-state index contributed by atoms with van der Waals surface area (Å²) < 4.78 is 36.6. The van der Waals surface area contributed by atoms with Gasteiger partial charge in [-0.15, -0.1) is 5.10 Å². The molecule has 0 radical (unpaired) electrons. The van der Waals surface area contributed by atoms with Crippen LogP contribution in [0.4, 0.5) is 5.69 Å². The third-order valence-electron chi connectivity index (χ3n) is 5.77. The van der Waals surface area contributed by atoms with Gasteiger partial charge in [-0.2, -0.15) is 9.50 Å². The maximum absolute atomic E-state index is 12.1. The highest BCUT2D eigenvalue weighted by molar-refractivity contribution is 7.90. The van der Waals surface area contributed by atoms with E-state index in [0.29, 0.717) is 44.5 Å². The molecule has 0 aliphatic carbocycles. The minimum absolute atomic E-state index is 0.0309. The van der Waals surface area contributed by atoms with E-state index < -0.39 is 14.8 Å². The first-order chi connectivity index (χ1) is 18.1. The number of nitrogens with zero attached hydrogens (tertiary/aromatic N) is 6. The second-order valence-electron chi connectivity index (χ2n) is 8.32. The molecule has 38 heavy (non-hydrogen) atoms. The molecule has 0 atom stereocenters. The molecule has 0 amide bonds. The van der Waals surface area contributed by atoms with Crippen LogP contribution in [0, 0.1) is 10.1 Å². The number of non-ortho nitro benzene ring substituents is 1. The molecule has 2 aromatic carbocycles. The fourth-order valence-electron chi connectivity index (χ4n) is 3.94. The Morgan fingerprint density at radius 2 is 1.76 bits per heavy atom. The molecule has 3 heterocycles. The predicted octanol–water partition coefficient (Wildman–Crippen LogP) is 3.91. The van der Waals surface area contributed by atoms with Gasteiger partial charge in [0.05, 0.1) is 24.2 Å². The monoisotopic (exact) mass is 554 g/mol. The SMILES string of the molecule is COc1cc(OC)c(Cl)c(-c2cc3cnc(S(C)(=O)=O)nc3n3nc(Cc4ccc([N+](=O)[O-])cc4)nc23)c1. The van der Waals surface area contributed by atoms with Gasteiger partial charge in [-0.25, -0.2) is 18.4 Å². The van der Waals surface area contributed by atoms with Crippen LogP contribution in [0.1, 0.15) is 11.4 Å². The number of rotatable bonds is 7. The van der Waals surface area contributed by atoms with Crippen LogP contribution in [-0.2, 0) is 16.3 Å². The number of pyridine rings is 1. The van der Waals surface area contributed by atoms with Crippen LogP contribution < -0.4 is 9.47 Å². The highest BCUT2D eigenvalue weighted by Crippen LogP contribution is 2.41. The number of ether oxygens (including phenoxy) is 2. The maximum Gasteiger partial charge on any atom is 0.269 e. The number of hydrogen-bond acceptors (Lipinski definition) is 10. The number of halogens is 1. The smallest absolute Gasteiger partial charge is 0.269 e. The van der Waals surface area contributed by atoms with Crippen molar-refractivity contribution in [1.29, 1.82) is 0 Å². The molecule has 0 aliphatic heterocycles. The average molecular weight is 555 g/mol. The van der Waals surface area contributed by atoms with Gasteiger partial charge >= 0.3 is 0 Å². The Labute approximate surface area is 220 Å². The summed E-state index contributed by atoms with van der Waals surface area (Å²) in [5.74, 6) is 1.25. The standard InChI is InChI=1S/C24H19ClN6O6S/c1-36-16-10-17(21(25)19(11-16)37-2)18-9-14-12-26-24(38(3,34)35)28-22(14)30-23(18)27-20(29-30)8-13-4-6-15(7-5-13)31(32)33/h4-7,9-12H,8H2,1-3H3. The van der Waals surface area contributed by atoms with Crippen molar-refractivity contribution in [3.63, 3.8) is 0 Å². The van der Waals surface area contributed by atoms with Crippen molar-refractivity contribution in [2.75, 3.05) is 20.5 Å². The van der Waals surface area contributed by atoms with Gasteiger partial charge in [0.2, 0.25) is 15.0 Å². The number of nitro benzene ring substituents is 1. The van der Waals surface area contributed by atoms with E-state index in [-0.39, 0.29) is 22.9 Å². The zero-order valence-corrected chi connectivity index (χ0v) is 21.8. The van der Waals surface area contributed by atoms with E-state index >= 15 is 0 Å². The summed E-state index contributed by atoms with van der Waals surface area (Å²) in [4.78, 5) is 23.5. The lowest BCUT2D eigenvalue weighted by Gasteiger charge is -2.13. The van der Waals surface area contributed by atoms with Crippen molar-refractivity contribution in [2.24, 2.45) is 0 Å². The lowest BCUT2D eigenvalue weighted by molar-refractivity contribution is -0.384. The predicted molar refractivity (Wildman–Crippen MR) is 139 cm³/mol. The molecule has 0 saturated heterocycles. The summed E-state index contributed by atoms with van der Waals surface area (Å²) in [5.41, 5.74) is 2.38. The van der Waals surface area contributed by atoms with Crippen molar-refractivity contribution >= 4 is 43.8 Å². The third kappa shape index (κ3) is 4.57. The summed E-state index contributed by atoms with van der Waals surface area (Å²) in [6, 6.07) is 11.2. The first-order valence-corrected chi connectivity index (χ1v) is 13.3. The van der Waals surface area contributed by atoms with Crippen LogP contribution in [0.15, 0.2) is 53.8 Å². The lowest BCUT2D eigenvalue weighted by Crippen LogP contribution is -2.06. The average Bonchev–Trinajstić information content (AvgIpc) is 3.32. The molecule has 0 fully saturated rings. The van der Waals surface area contributed by atoms with Gasteiger partial charge in [0, 0.05) is 53.6 Å². The Bertz CT molecular complexity index is 1840. The minimum Gasteiger partial charge on any atom is -0.497 e. The van der Waals surface area contributed by atoms with Gasteiger partial charge in [0.1, 0.15) is 11.5 Å². The third-order valence-corrected chi connectivity index (χ3v) is 7.02. The molecular formula is C24H19ClN6O6S. The zero-order chi connectivity index (χ0) is 27.2. The molecule has 5 rings (SSSR count). The number of hydrogen-bond donors (Lipinski definition) is 0. The second kappa shape index (κ2) is 9.50. The molecule has 0 bridgehead atoms. The van der Waals surface area contributed by atoms with Crippen LogP contribution in [0.25, 0.3) is 27.8 Å². The van der Waals surface area contributed by atoms with Gasteiger partial charge in [0.25, 0.3) is 5.69 Å². The van der Waals surface area contributed by atoms with E-state index in [1.165, 1.54) is 37.1 Å². The Morgan fingerprint density at radius 1 is 1.03 bits per heavy atom. The Kier molecular flexibility index (Phi) is 6.33. The summed E-state index contributed by atoms with van der Waals surface area (Å²) >= 11 is 6.68. The molecule has 5 aromatic rings. The van der Waals surface area contributed by atoms with Crippen molar-refractivity contribution in [1.82, 2.24) is 24.6 Å². The van der Waals surface area contributed by atoms with Crippen LogP contribution >= 0.6 is 11.6 Å². The van der Waals surface area contributed by atoms with E-state index in [4.69, 9.17) is 26.1 Å². The molecule has 0 N–H and O–H groups in total. The highest BCUT2D eigenvalue weighted by Gasteiger charge is 2.21. The van der Waals surface area contributed by atoms with Crippen molar-refractivity contribution in [2.45, 2.75) is 11.6 Å². The van der Waals surface area contributed by atoms with Crippen molar-refractivity contribution < 1.29 is 22.8 Å². The topological polar surface area (TPSA) is 152 Å². The summed E-state index contributed by atoms with van der Waals surface area (Å²) in [6.45, 7) is 0. The van der Waals surface area contributed by atoms with Gasteiger partial charge in [-0.05, 0) is 17.7 Å². The fourth-order valence-corrected chi connectivity index (χ4v) is 4.72. The number of nitro groups is 1. The van der Waals surface area contributed by atoms with E-state index in [9.17, 15) is 18.5 Å². The Morgan fingerprint density at radius 3 is 2.39 bits per heavy atom. The second-order valence-corrected chi connectivity index (χ2v) is 10.6. The number of benzene rings is 2. The molecule has 12 nitrogen and oxygen atoms in total. The highest BCUT2D eigenvalue weighted by atomic mass is 35.5. The van der Waals surface area contributed by atoms with E-state index in [1.807, 2.05) is 0 Å². The molecule has 0 saturated carbocycles. The van der Waals surface area contributed by atoms with Gasteiger partial charge < -0.3 is 9.47 Å². The number of fused-ring (bicyclic) bond motifs is 3. The van der Waals surface area contributed by atoms with Crippen LogP contribution in [0.5, 0.6) is 11.5 Å². The van der Waals surface area contributed by atoms with Crippen molar-refractivity contribution in [3.8, 4) is 22.6 Å². The first kappa shape index (κ1) is 25.3. The first-order valence-electron chi connectivity index (χ1n) is 11.0. The van der Waals surface area contributed by atoms with Crippen LogP contribution in [0.3, 0.4) is 0 Å². The number of aromatic nitrogens is 5. The molecule has 194 valence electrons. The fraction of sp³-hybridized carbons (Fsp3) is 0.167. The maximum atomic E-state index is 12.1. The largest absolute Gasteiger partial charge is 0.497 e. The van der Waals surface area contributed by atoms with Gasteiger partial charge in [-0.3, -0.25) is 10.1 Å². The zero-order valence-electron chi connectivity index (χ0n) is 20.2. The quantitative estimate of drug-likeness (QED) is 0.164. The number of methoxy groups -OCH3 is 2. The summed E-state index contributed by atoms with van der Waals surface area (Å²) in [5, 5.41) is 16.0. The van der Waals surface area contributed by atoms with Gasteiger partial charge in [0.15, 0.2) is 17.1 Å². The Hall–Kier alpha value is -4.36. The minimum atomic E-state index is -3.70. The normalized spacial score (nSPS) is 11.7.